The van der Waals surface area contributed by atoms with Crippen LogP contribution in [0.5, 0.6) is 0 Å². The maximum atomic E-state index is 13.9. The van der Waals surface area contributed by atoms with Gasteiger partial charge in [-0.2, -0.15) is 5.26 Å². The van der Waals surface area contributed by atoms with Crippen LogP contribution in [0.4, 0.5) is 10.1 Å². The summed E-state index contributed by atoms with van der Waals surface area (Å²) >= 11 is 3.25. The summed E-state index contributed by atoms with van der Waals surface area (Å²) in [5, 5.41) is 13.9. The molecule has 122 valence electrons. The van der Waals surface area contributed by atoms with Gasteiger partial charge >= 0.3 is 0 Å². The second kappa shape index (κ2) is 7.29. The second-order valence-electron chi connectivity index (χ2n) is 5.32. The number of amides is 1. The summed E-state index contributed by atoms with van der Waals surface area (Å²) in [4.78, 5) is 12.5. The predicted molar refractivity (Wildman–Crippen MR) is 100 cm³/mol. The number of nitriles is 1. The molecule has 0 fully saturated rings. The quantitative estimate of drug-likeness (QED) is 0.484. The van der Waals surface area contributed by atoms with Crippen LogP contribution in [0.15, 0.2) is 70.7 Å². The van der Waals surface area contributed by atoms with Crippen LogP contribution < -0.4 is 5.32 Å². The third-order valence-electron chi connectivity index (χ3n) is 3.66. The molecule has 3 aromatic rings. The van der Waals surface area contributed by atoms with Gasteiger partial charge in [-0.25, -0.2) is 4.39 Å². The number of fused-ring (bicyclic) bond motifs is 1. The second-order valence-corrected chi connectivity index (χ2v) is 6.23. The fraction of sp³-hybridized carbons (Fsp3) is 0. The lowest BCUT2D eigenvalue weighted by Gasteiger charge is -2.08. The number of halogens is 2. The van der Waals surface area contributed by atoms with Gasteiger partial charge in [-0.15, -0.1) is 0 Å². The molecule has 3 nitrogen and oxygen atoms in total. The van der Waals surface area contributed by atoms with E-state index in [9.17, 15) is 14.4 Å². The number of carbonyl (C=O) groups excluding carboxylic acids is 1. The Labute approximate surface area is 152 Å². The summed E-state index contributed by atoms with van der Waals surface area (Å²) in [5.74, 6) is -1.09. The molecular weight excluding hydrogens is 383 g/mol. The predicted octanol–water partition coefficient (Wildman–Crippen LogP) is 5.29. The van der Waals surface area contributed by atoms with E-state index >= 15 is 0 Å². The van der Waals surface area contributed by atoms with E-state index in [2.05, 4.69) is 21.2 Å². The molecule has 3 rings (SSSR count). The Bertz CT molecular complexity index is 1030. The summed E-state index contributed by atoms with van der Waals surface area (Å²) in [7, 11) is 0. The van der Waals surface area contributed by atoms with Gasteiger partial charge in [0, 0.05) is 21.1 Å². The molecular formula is C20H12BrFN2O. The number of hydrogen-bond acceptors (Lipinski definition) is 2. The van der Waals surface area contributed by atoms with Crippen LogP contribution in [-0.2, 0) is 4.79 Å². The fourth-order valence-corrected chi connectivity index (χ4v) is 2.83. The zero-order valence-corrected chi connectivity index (χ0v) is 14.5. The first-order valence-electron chi connectivity index (χ1n) is 7.44. The SMILES string of the molecule is N#C/C(=C\c1cc(Br)ccc1F)C(=O)Nc1cccc2ccccc12. The van der Waals surface area contributed by atoms with Gasteiger partial charge < -0.3 is 5.32 Å². The van der Waals surface area contributed by atoms with Crippen LogP contribution in [0.25, 0.3) is 16.8 Å². The van der Waals surface area contributed by atoms with Crippen molar-refractivity contribution in [1.29, 1.82) is 5.26 Å². The van der Waals surface area contributed by atoms with Crippen molar-refractivity contribution in [3.8, 4) is 6.07 Å². The van der Waals surface area contributed by atoms with E-state index < -0.39 is 11.7 Å². The molecule has 0 saturated carbocycles. The summed E-state index contributed by atoms with van der Waals surface area (Å²) < 4.78 is 14.5. The topological polar surface area (TPSA) is 52.9 Å². The molecule has 3 aromatic carbocycles. The van der Waals surface area contributed by atoms with Crippen molar-refractivity contribution in [2.75, 3.05) is 5.32 Å². The lowest BCUT2D eigenvalue weighted by atomic mass is 10.1. The molecule has 25 heavy (non-hydrogen) atoms. The first-order chi connectivity index (χ1) is 12.1. The Morgan fingerprint density at radius 3 is 2.68 bits per heavy atom. The van der Waals surface area contributed by atoms with E-state index in [-0.39, 0.29) is 11.1 Å². The highest BCUT2D eigenvalue weighted by Crippen LogP contribution is 2.24. The molecule has 0 spiro atoms. The van der Waals surface area contributed by atoms with Gasteiger partial charge in [0.25, 0.3) is 5.91 Å². The van der Waals surface area contributed by atoms with Crippen LogP contribution in [0.1, 0.15) is 5.56 Å². The minimum absolute atomic E-state index is 0.166. The van der Waals surface area contributed by atoms with Crippen LogP contribution >= 0.6 is 15.9 Å². The molecule has 1 N–H and O–H groups in total. The number of carbonyl (C=O) groups is 1. The smallest absolute Gasteiger partial charge is 0.266 e. The van der Waals surface area contributed by atoms with Crippen molar-refractivity contribution in [1.82, 2.24) is 0 Å². The summed E-state index contributed by atoms with van der Waals surface area (Å²) in [5.41, 5.74) is 0.586. The third-order valence-corrected chi connectivity index (χ3v) is 4.15. The summed E-state index contributed by atoms with van der Waals surface area (Å²) in [6.07, 6.45) is 1.24. The molecule has 0 heterocycles. The van der Waals surface area contributed by atoms with E-state index in [1.54, 1.807) is 12.1 Å². The molecule has 0 aliphatic rings. The van der Waals surface area contributed by atoms with Crippen molar-refractivity contribution in [3.63, 3.8) is 0 Å². The molecule has 0 bridgehead atoms. The Kier molecular flexibility index (Phi) is 4.92. The van der Waals surface area contributed by atoms with Gasteiger partial charge in [-0.3, -0.25) is 4.79 Å². The molecule has 0 atom stereocenters. The van der Waals surface area contributed by atoms with Gasteiger partial charge in [0.2, 0.25) is 0 Å². The van der Waals surface area contributed by atoms with Gasteiger partial charge in [0.15, 0.2) is 0 Å². The molecule has 0 radical (unpaired) electrons. The monoisotopic (exact) mass is 394 g/mol. The number of nitrogens with one attached hydrogen (secondary N) is 1. The number of benzene rings is 3. The lowest BCUT2D eigenvalue weighted by Crippen LogP contribution is -2.13. The van der Waals surface area contributed by atoms with Crippen molar-refractivity contribution in [2.45, 2.75) is 0 Å². The molecule has 1 amide bonds. The number of anilines is 1. The molecule has 0 unspecified atom stereocenters. The zero-order valence-electron chi connectivity index (χ0n) is 13.0. The largest absolute Gasteiger partial charge is 0.321 e. The maximum Gasteiger partial charge on any atom is 0.266 e. The first-order valence-corrected chi connectivity index (χ1v) is 8.24. The van der Waals surface area contributed by atoms with Crippen molar-refractivity contribution < 1.29 is 9.18 Å². The van der Waals surface area contributed by atoms with Crippen molar-refractivity contribution in [2.24, 2.45) is 0 Å². The van der Waals surface area contributed by atoms with E-state index in [0.29, 0.717) is 10.2 Å². The Morgan fingerprint density at radius 1 is 1.12 bits per heavy atom. The van der Waals surface area contributed by atoms with E-state index in [4.69, 9.17) is 0 Å². The molecule has 5 heteroatoms. The van der Waals surface area contributed by atoms with Crippen LogP contribution in [0, 0.1) is 17.1 Å². The van der Waals surface area contributed by atoms with E-state index in [1.165, 1.54) is 18.2 Å². The van der Waals surface area contributed by atoms with Crippen molar-refractivity contribution in [3.05, 3.63) is 82.1 Å². The van der Waals surface area contributed by atoms with Gasteiger partial charge in [-0.05, 0) is 35.7 Å². The average Bonchev–Trinajstić information content (AvgIpc) is 2.62. The van der Waals surface area contributed by atoms with Gasteiger partial charge in [-0.1, -0.05) is 52.3 Å². The molecule has 0 aliphatic carbocycles. The number of rotatable bonds is 3. The number of hydrogen-bond donors (Lipinski definition) is 1. The minimum Gasteiger partial charge on any atom is -0.321 e. The fourth-order valence-electron chi connectivity index (χ4n) is 2.45. The zero-order chi connectivity index (χ0) is 17.8. The van der Waals surface area contributed by atoms with Crippen LogP contribution in [-0.4, -0.2) is 5.91 Å². The normalized spacial score (nSPS) is 11.2. The van der Waals surface area contributed by atoms with Gasteiger partial charge in [0.05, 0.1) is 0 Å². The lowest BCUT2D eigenvalue weighted by molar-refractivity contribution is -0.112. The highest BCUT2D eigenvalue weighted by atomic mass is 79.9. The molecule has 0 aromatic heterocycles. The highest BCUT2D eigenvalue weighted by molar-refractivity contribution is 9.10. The highest BCUT2D eigenvalue weighted by Gasteiger charge is 2.12. The van der Waals surface area contributed by atoms with Crippen LogP contribution in [0.3, 0.4) is 0 Å². The standard InChI is InChI=1S/C20H12BrFN2O/c21-16-8-9-18(22)14(11-16)10-15(12-23)20(25)24-19-7-3-5-13-4-1-2-6-17(13)19/h1-11H,(H,24,25)/b15-10+. The van der Waals surface area contributed by atoms with Gasteiger partial charge in [0.1, 0.15) is 17.5 Å². The van der Waals surface area contributed by atoms with E-state index in [1.807, 2.05) is 42.5 Å². The molecule has 0 saturated heterocycles. The molecule has 0 aliphatic heterocycles. The first kappa shape index (κ1) is 16.9. The van der Waals surface area contributed by atoms with Crippen molar-refractivity contribution >= 4 is 44.4 Å². The Balaban J connectivity index is 1.94. The minimum atomic E-state index is -0.585. The summed E-state index contributed by atoms with van der Waals surface area (Å²) in [6.45, 7) is 0. The maximum absolute atomic E-state index is 13.9. The average molecular weight is 395 g/mol. The summed E-state index contributed by atoms with van der Waals surface area (Å²) in [6, 6.07) is 19.3. The Morgan fingerprint density at radius 2 is 1.88 bits per heavy atom. The van der Waals surface area contributed by atoms with Crippen LogP contribution in [0.2, 0.25) is 0 Å². The number of nitrogens with zero attached hydrogens (tertiary/aromatic N) is 1. The third kappa shape index (κ3) is 3.76. The van der Waals surface area contributed by atoms with E-state index in [0.717, 1.165) is 10.8 Å². The Hall–Kier alpha value is -2.97.